The molecule has 1 aliphatic rings. The number of methoxy groups -OCH3 is 1. The maximum atomic E-state index is 13.8. The summed E-state index contributed by atoms with van der Waals surface area (Å²) < 4.78 is 32.0. The van der Waals surface area contributed by atoms with Gasteiger partial charge in [0.05, 0.1) is 19.1 Å². The van der Waals surface area contributed by atoms with Gasteiger partial charge in [0, 0.05) is 17.6 Å². The van der Waals surface area contributed by atoms with Crippen LogP contribution >= 0.6 is 11.6 Å². The van der Waals surface area contributed by atoms with Crippen molar-refractivity contribution in [3.05, 3.63) is 59.1 Å². The summed E-state index contributed by atoms with van der Waals surface area (Å²) in [6.45, 7) is 1.64. The number of rotatable bonds is 12. The van der Waals surface area contributed by atoms with E-state index in [9.17, 15) is 18.0 Å². The highest BCUT2D eigenvalue weighted by atomic mass is 35.5. The summed E-state index contributed by atoms with van der Waals surface area (Å²) >= 11 is 6.15. The zero-order valence-electron chi connectivity index (χ0n) is 21.7. The van der Waals surface area contributed by atoms with Gasteiger partial charge in [0.1, 0.15) is 18.3 Å². The zero-order valence-corrected chi connectivity index (χ0v) is 23.2. The second-order valence-corrected chi connectivity index (χ2v) is 11.7. The second kappa shape index (κ2) is 13.1. The minimum atomic E-state index is -3.89. The molecule has 202 valence electrons. The number of ether oxygens (including phenoxy) is 1. The molecule has 37 heavy (non-hydrogen) atoms. The van der Waals surface area contributed by atoms with E-state index in [4.69, 9.17) is 16.3 Å². The number of amides is 2. The van der Waals surface area contributed by atoms with Crippen molar-refractivity contribution in [1.29, 1.82) is 0 Å². The van der Waals surface area contributed by atoms with Crippen LogP contribution < -0.4 is 14.4 Å². The molecule has 0 spiro atoms. The van der Waals surface area contributed by atoms with E-state index >= 15 is 0 Å². The summed E-state index contributed by atoms with van der Waals surface area (Å²) in [5.41, 5.74) is 1.18. The van der Waals surface area contributed by atoms with E-state index in [-0.39, 0.29) is 29.9 Å². The molecule has 3 rings (SSSR count). The summed E-state index contributed by atoms with van der Waals surface area (Å²) in [4.78, 5) is 28.6. The Morgan fingerprint density at radius 3 is 2.41 bits per heavy atom. The number of anilines is 1. The predicted molar refractivity (Wildman–Crippen MR) is 147 cm³/mol. The number of nitrogens with zero attached hydrogens (tertiary/aromatic N) is 2. The first-order chi connectivity index (χ1) is 17.6. The molecule has 1 atom stereocenters. The van der Waals surface area contributed by atoms with Gasteiger partial charge in [0.2, 0.25) is 21.8 Å². The molecule has 1 N–H and O–H groups in total. The average molecular weight is 550 g/mol. The van der Waals surface area contributed by atoms with E-state index in [0.717, 1.165) is 41.8 Å². The van der Waals surface area contributed by atoms with Crippen LogP contribution in [0.15, 0.2) is 48.5 Å². The molecule has 1 fully saturated rings. The van der Waals surface area contributed by atoms with Crippen LogP contribution in [0.2, 0.25) is 5.02 Å². The monoisotopic (exact) mass is 549 g/mol. The topological polar surface area (TPSA) is 96.0 Å². The van der Waals surface area contributed by atoms with Crippen LogP contribution in [0.5, 0.6) is 5.75 Å². The van der Waals surface area contributed by atoms with Crippen molar-refractivity contribution in [1.82, 2.24) is 10.2 Å². The molecule has 2 aromatic carbocycles. The first-order valence-corrected chi connectivity index (χ1v) is 14.8. The highest BCUT2D eigenvalue weighted by Gasteiger charge is 2.33. The number of benzene rings is 2. The molecule has 8 nitrogen and oxygen atoms in total. The smallest absolute Gasteiger partial charge is 0.244 e. The van der Waals surface area contributed by atoms with Crippen LogP contribution in [0, 0.1) is 0 Å². The summed E-state index contributed by atoms with van der Waals surface area (Å²) in [5.74, 6) is -0.414. The van der Waals surface area contributed by atoms with E-state index < -0.39 is 28.5 Å². The first kappa shape index (κ1) is 28.8. The van der Waals surface area contributed by atoms with Gasteiger partial charge in [-0.05, 0) is 49.4 Å². The van der Waals surface area contributed by atoms with Gasteiger partial charge in [0.25, 0.3) is 0 Å². The maximum Gasteiger partial charge on any atom is 0.244 e. The Hall–Kier alpha value is -2.78. The third-order valence-corrected chi connectivity index (χ3v) is 8.02. The Bertz CT molecular complexity index is 1170. The molecule has 0 unspecified atom stereocenters. The number of sulfonamides is 1. The van der Waals surface area contributed by atoms with Gasteiger partial charge in [-0.15, -0.1) is 0 Å². The normalized spacial score (nSPS) is 14.7. The van der Waals surface area contributed by atoms with Gasteiger partial charge in [-0.1, -0.05) is 61.7 Å². The number of hydrogen-bond acceptors (Lipinski definition) is 5. The molecule has 1 saturated carbocycles. The van der Waals surface area contributed by atoms with E-state index in [1.165, 1.54) is 18.1 Å². The maximum absolute atomic E-state index is 13.8. The SMILES string of the molecule is CC[C@@H](C(=O)NC1CCCC1)N(CCc1ccccc1)C(=O)CN(c1cc(Cl)ccc1OC)S(C)(=O)=O. The summed E-state index contributed by atoms with van der Waals surface area (Å²) in [7, 11) is -2.47. The van der Waals surface area contributed by atoms with Crippen LogP contribution in [0.4, 0.5) is 5.69 Å². The Labute approximate surface area is 225 Å². The fraction of sp³-hybridized carbons (Fsp3) is 0.481. The van der Waals surface area contributed by atoms with E-state index in [1.807, 2.05) is 37.3 Å². The molecule has 2 aromatic rings. The summed E-state index contributed by atoms with van der Waals surface area (Å²) in [6, 6.07) is 13.6. The van der Waals surface area contributed by atoms with E-state index in [2.05, 4.69) is 5.32 Å². The molecular weight excluding hydrogens is 514 g/mol. The van der Waals surface area contributed by atoms with Gasteiger partial charge in [-0.3, -0.25) is 13.9 Å². The Kier molecular flexibility index (Phi) is 10.2. The van der Waals surface area contributed by atoms with E-state index in [0.29, 0.717) is 17.9 Å². The van der Waals surface area contributed by atoms with Gasteiger partial charge in [-0.2, -0.15) is 0 Å². The first-order valence-electron chi connectivity index (χ1n) is 12.6. The highest BCUT2D eigenvalue weighted by molar-refractivity contribution is 7.92. The number of carbonyl (C=O) groups is 2. The molecule has 2 amide bonds. The molecule has 1 aliphatic carbocycles. The number of carbonyl (C=O) groups excluding carboxylic acids is 2. The van der Waals surface area contributed by atoms with Crippen LogP contribution in [0.25, 0.3) is 0 Å². The lowest BCUT2D eigenvalue weighted by molar-refractivity contribution is -0.139. The summed E-state index contributed by atoms with van der Waals surface area (Å²) in [6.07, 6.45) is 5.95. The quantitative estimate of drug-likeness (QED) is 0.431. The molecular formula is C27H36ClN3O5S. The van der Waals surface area contributed by atoms with Crippen molar-refractivity contribution in [3.63, 3.8) is 0 Å². The van der Waals surface area contributed by atoms with Gasteiger partial charge >= 0.3 is 0 Å². The Balaban J connectivity index is 1.91. The largest absolute Gasteiger partial charge is 0.495 e. The van der Waals surface area contributed by atoms with Gasteiger partial charge in [-0.25, -0.2) is 8.42 Å². The molecule has 10 heteroatoms. The second-order valence-electron chi connectivity index (χ2n) is 9.32. The number of hydrogen-bond donors (Lipinski definition) is 1. The lowest BCUT2D eigenvalue weighted by atomic mass is 10.1. The minimum Gasteiger partial charge on any atom is -0.495 e. The predicted octanol–water partition coefficient (Wildman–Crippen LogP) is 4.02. The lowest BCUT2D eigenvalue weighted by Crippen LogP contribution is -2.54. The third kappa shape index (κ3) is 7.85. The van der Waals surface area contributed by atoms with Gasteiger partial charge < -0.3 is 15.0 Å². The standard InChI is InChI=1S/C27H36ClN3O5S/c1-4-23(27(33)29-22-12-8-9-13-22)30(17-16-20-10-6-5-7-11-20)26(32)19-31(37(3,34)35)24-18-21(28)14-15-25(24)36-2/h5-7,10-11,14-15,18,22-23H,4,8-9,12-13,16-17,19H2,1-3H3,(H,29,33)/t23-/m0/s1. The zero-order chi connectivity index (χ0) is 27.0. The third-order valence-electron chi connectivity index (χ3n) is 6.66. The Morgan fingerprint density at radius 2 is 1.81 bits per heavy atom. The highest BCUT2D eigenvalue weighted by Crippen LogP contribution is 2.33. The Morgan fingerprint density at radius 1 is 1.14 bits per heavy atom. The van der Waals surface area contributed by atoms with Crippen molar-refractivity contribution in [2.75, 3.05) is 30.8 Å². The van der Waals surface area contributed by atoms with Crippen molar-refractivity contribution in [2.24, 2.45) is 0 Å². The van der Waals surface area contributed by atoms with Crippen LogP contribution in [-0.2, 0) is 26.0 Å². The average Bonchev–Trinajstić information content (AvgIpc) is 3.37. The molecule has 0 aromatic heterocycles. The fourth-order valence-electron chi connectivity index (χ4n) is 4.72. The minimum absolute atomic E-state index is 0.107. The van der Waals surface area contributed by atoms with Gasteiger partial charge in [0.15, 0.2) is 0 Å². The van der Waals surface area contributed by atoms with Crippen molar-refractivity contribution < 1.29 is 22.7 Å². The molecule has 0 saturated heterocycles. The lowest BCUT2D eigenvalue weighted by Gasteiger charge is -2.33. The molecule has 0 heterocycles. The van der Waals surface area contributed by atoms with Crippen LogP contribution in [-0.4, -0.2) is 63.7 Å². The fourth-order valence-corrected chi connectivity index (χ4v) is 5.73. The molecule has 0 aliphatic heterocycles. The summed E-state index contributed by atoms with van der Waals surface area (Å²) in [5, 5.41) is 3.41. The van der Waals surface area contributed by atoms with Crippen LogP contribution in [0.1, 0.15) is 44.6 Å². The van der Waals surface area contributed by atoms with E-state index in [1.54, 1.807) is 12.1 Å². The van der Waals surface area contributed by atoms with Crippen molar-refractivity contribution >= 4 is 39.1 Å². The number of halogens is 1. The van der Waals surface area contributed by atoms with Crippen LogP contribution in [0.3, 0.4) is 0 Å². The number of nitrogens with one attached hydrogen (secondary N) is 1. The van der Waals surface area contributed by atoms with Crippen molar-refractivity contribution in [2.45, 2.75) is 57.5 Å². The van der Waals surface area contributed by atoms with Crippen molar-refractivity contribution in [3.8, 4) is 5.75 Å². The molecule has 0 bridgehead atoms. The molecule has 0 radical (unpaired) electrons.